The van der Waals surface area contributed by atoms with Gasteiger partial charge >= 0.3 is 0 Å². The summed E-state index contributed by atoms with van der Waals surface area (Å²) in [5, 5.41) is 0. The van der Waals surface area contributed by atoms with Gasteiger partial charge in [0, 0.05) is 12.1 Å². The van der Waals surface area contributed by atoms with Gasteiger partial charge in [-0.05, 0) is 31.2 Å². The van der Waals surface area contributed by atoms with Crippen LogP contribution in [0.4, 0.5) is 4.39 Å². The van der Waals surface area contributed by atoms with Gasteiger partial charge in [0.2, 0.25) is 0 Å². The first-order valence-corrected chi connectivity index (χ1v) is 4.72. The van der Waals surface area contributed by atoms with Crippen LogP contribution in [-0.2, 0) is 4.74 Å². The van der Waals surface area contributed by atoms with E-state index in [9.17, 15) is 4.39 Å². The highest BCUT2D eigenvalue weighted by Gasteiger charge is 2.07. The largest absolute Gasteiger partial charge is 0.495 e. The zero-order chi connectivity index (χ0) is 11.3. The number of methoxy groups -OCH3 is 1. The first-order valence-electron chi connectivity index (χ1n) is 4.72. The van der Waals surface area contributed by atoms with Crippen LogP contribution in [-0.4, -0.2) is 19.4 Å². The van der Waals surface area contributed by atoms with E-state index in [1.54, 1.807) is 12.1 Å². The molecular formula is C12H14FNO. The van der Waals surface area contributed by atoms with Crippen LogP contribution in [0.1, 0.15) is 12.5 Å². The maximum absolute atomic E-state index is 12.7. The Kier molecular flexibility index (Phi) is 4.03. The summed E-state index contributed by atoms with van der Waals surface area (Å²) in [6.07, 6.45) is 0. The van der Waals surface area contributed by atoms with Crippen LogP contribution in [0.15, 0.2) is 41.6 Å². The maximum Gasteiger partial charge on any atom is 0.137 e. The fourth-order valence-electron chi connectivity index (χ4n) is 1.20. The van der Waals surface area contributed by atoms with Crippen molar-refractivity contribution in [3.63, 3.8) is 0 Å². The second kappa shape index (κ2) is 5.29. The molecule has 1 aromatic carbocycles. The number of rotatable bonds is 4. The van der Waals surface area contributed by atoms with Crippen LogP contribution in [0.25, 0.3) is 0 Å². The van der Waals surface area contributed by atoms with Crippen LogP contribution < -0.4 is 0 Å². The molecule has 0 saturated heterocycles. The Bertz CT molecular complexity index is 368. The number of hydrogen-bond acceptors (Lipinski definition) is 2. The number of aliphatic imine (C=N–C) groups is 1. The lowest BCUT2D eigenvalue weighted by Crippen LogP contribution is -2.06. The van der Waals surface area contributed by atoms with Crippen molar-refractivity contribution < 1.29 is 9.13 Å². The molecule has 0 unspecified atom stereocenters. The van der Waals surface area contributed by atoms with Gasteiger partial charge in [0.25, 0.3) is 0 Å². The second-order valence-corrected chi connectivity index (χ2v) is 2.96. The SMILES string of the molecule is C=C(OC)C(=NCC)c1ccc(F)cc1. The molecule has 1 aromatic rings. The van der Waals surface area contributed by atoms with E-state index in [1.165, 1.54) is 19.2 Å². The normalized spacial score (nSPS) is 11.3. The van der Waals surface area contributed by atoms with Gasteiger partial charge in [-0.25, -0.2) is 4.39 Å². The summed E-state index contributed by atoms with van der Waals surface area (Å²) in [6.45, 7) is 6.30. The minimum Gasteiger partial charge on any atom is -0.495 e. The van der Waals surface area contributed by atoms with Crippen molar-refractivity contribution in [2.24, 2.45) is 4.99 Å². The third-order valence-electron chi connectivity index (χ3n) is 1.94. The van der Waals surface area contributed by atoms with Crippen molar-refractivity contribution in [1.82, 2.24) is 0 Å². The summed E-state index contributed by atoms with van der Waals surface area (Å²) >= 11 is 0. The zero-order valence-electron chi connectivity index (χ0n) is 8.96. The Hall–Kier alpha value is -1.64. The smallest absolute Gasteiger partial charge is 0.137 e. The molecule has 0 aliphatic rings. The van der Waals surface area contributed by atoms with E-state index in [0.717, 1.165) is 5.56 Å². The molecule has 0 aliphatic heterocycles. The second-order valence-electron chi connectivity index (χ2n) is 2.96. The van der Waals surface area contributed by atoms with E-state index in [-0.39, 0.29) is 5.82 Å². The van der Waals surface area contributed by atoms with Gasteiger partial charge in [0.05, 0.1) is 7.11 Å². The fourth-order valence-corrected chi connectivity index (χ4v) is 1.20. The summed E-state index contributed by atoms with van der Waals surface area (Å²) in [7, 11) is 1.54. The van der Waals surface area contributed by atoms with Crippen molar-refractivity contribution in [1.29, 1.82) is 0 Å². The highest BCUT2D eigenvalue weighted by molar-refractivity contribution is 6.10. The molecule has 0 spiro atoms. The average Bonchev–Trinajstić information content (AvgIpc) is 2.26. The molecule has 1 rings (SSSR count). The molecule has 80 valence electrons. The molecule has 0 N–H and O–H groups in total. The number of benzene rings is 1. The number of hydrogen-bond donors (Lipinski definition) is 0. The molecule has 0 aliphatic carbocycles. The Morgan fingerprint density at radius 3 is 2.47 bits per heavy atom. The van der Waals surface area contributed by atoms with Gasteiger partial charge in [0.1, 0.15) is 17.3 Å². The highest BCUT2D eigenvalue weighted by atomic mass is 19.1. The Morgan fingerprint density at radius 2 is 2.00 bits per heavy atom. The van der Waals surface area contributed by atoms with E-state index in [4.69, 9.17) is 4.74 Å². The lowest BCUT2D eigenvalue weighted by molar-refractivity contribution is 0.317. The standard InChI is InChI=1S/C12H14FNO/c1-4-14-12(9(2)15-3)10-5-7-11(13)8-6-10/h5-8H,2,4H2,1,3H3. The average molecular weight is 207 g/mol. The van der Waals surface area contributed by atoms with Gasteiger partial charge in [-0.1, -0.05) is 6.58 Å². The first kappa shape index (κ1) is 11.4. The van der Waals surface area contributed by atoms with Gasteiger partial charge in [-0.3, -0.25) is 4.99 Å². The van der Waals surface area contributed by atoms with Crippen LogP contribution >= 0.6 is 0 Å². The van der Waals surface area contributed by atoms with Crippen LogP contribution in [0.5, 0.6) is 0 Å². The minimum absolute atomic E-state index is 0.266. The van der Waals surface area contributed by atoms with E-state index >= 15 is 0 Å². The predicted molar refractivity (Wildman–Crippen MR) is 59.6 cm³/mol. The third-order valence-corrected chi connectivity index (χ3v) is 1.94. The summed E-state index contributed by atoms with van der Waals surface area (Å²) < 4.78 is 17.8. The minimum atomic E-state index is -0.266. The number of allylic oxidation sites excluding steroid dienone is 1. The van der Waals surface area contributed by atoms with E-state index in [2.05, 4.69) is 11.6 Å². The lowest BCUT2D eigenvalue weighted by Gasteiger charge is -2.08. The Labute approximate surface area is 89.1 Å². The number of halogens is 1. The lowest BCUT2D eigenvalue weighted by atomic mass is 10.1. The molecule has 0 aromatic heterocycles. The Morgan fingerprint density at radius 1 is 1.40 bits per heavy atom. The molecule has 0 atom stereocenters. The number of ether oxygens (including phenoxy) is 1. The summed E-state index contributed by atoms with van der Waals surface area (Å²) in [4.78, 5) is 4.26. The fraction of sp³-hybridized carbons (Fsp3) is 0.250. The zero-order valence-corrected chi connectivity index (χ0v) is 8.96. The molecule has 0 radical (unpaired) electrons. The van der Waals surface area contributed by atoms with Crippen molar-refractivity contribution in [3.05, 3.63) is 48.0 Å². The van der Waals surface area contributed by atoms with Crippen LogP contribution in [0, 0.1) is 5.82 Å². The van der Waals surface area contributed by atoms with E-state index in [1.807, 2.05) is 6.92 Å². The third kappa shape index (κ3) is 2.91. The van der Waals surface area contributed by atoms with Crippen molar-refractivity contribution in [3.8, 4) is 0 Å². The molecule has 0 fully saturated rings. The van der Waals surface area contributed by atoms with Gasteiger partial charge < -0.3 is 4.74 Å². The molecule has 3 heteroatoms. The summed E-state index contributed by atoms with van der Waals surface area (Å²) in [6, 6.07) is 6.11. The molecule has 15 heavy (non-hydrogen) atoms. The first-order chi connectivity index (χ1) is 7.19. The van der Waals surface area contributed by atoms with Gasteiger partial charge in [-0.2, -0.15) is 0 Å². The summed E-state index contributed by atoms with van der Waals surface area (Å²) in [5.74, 6) is 0.223. The van der Waals surface area contributed by atoms with Crippen LogP contribution in [0.3, 0.4) is 0 Å². The Balaban J connectivity index is 3.05. The van der Waals surface area contributed by atoms with Crippen molar-refractivity contribution >= 4 is 5.71 Å². The maximum atomic E-state index is 12.7. The summed E-state index contributed by atoms with van der Waals surface area (Å²) in [5.41, 5.74) is 1.48. The van der Waals surface area contributed by atoms with Crippen molar-refractivity contribution in [2.45, 2.75) is 6.92 Å². The highest BCUT2D eigenvalue weighted by Crippen LogP contribution is 2.10. The van der Waals surface area contributed by atoms with E-state index < -0.39 is 0 Å². The van der Waals surface area contributed by atoms with E-state index in [0.29, 0.717) is 18.0 Å². The topological polar surface area (TPSA) is 21.6 Å². The molecule has 2 nitrogen and oxygen atoms in total. The quantitative estimate of drug-likeness (QED) is 0.549. The molecule has 0 amide bonds. The van der Waals surface area contributed by atoms with Crippen molar-refractivity contribution in [2.75, 3.05) is 13.7 Å². The molecule has 0 saturated carbocycles. The molecule has 0 heterocycles. The predicted octanol–water partition coefficient (Wildman–Crippen LogP) is 2.79. The van der Waals surface area contributed by atoms with Crippen LogP contribution in [0.2, 0.25) is 0 Å². The molecule has 0 bridgehead atoms. The molecular weight excluding hydrogens is 193 g/mol. The monoisotopic (exact) mass is 207 g/mol. The van der Waals surface area contributed by atoms with Gasteiger partial charge in [-0.15, -0.1) is 0 Å². The number of nitrogens with zero attached hydrogens (tertiary/aromatic N) is 1. The van der Waals surface area contributed by atoms with Gasteiger partial charge in [0.15, 0.2) is 0 Å².